The number of anilines is 2. The number of likely N-dealkylation sites (N-methyl/N-ethyl adjacent to an activating group) is 1. The van der Waals surface area contributed by atoms with Crippen molar-refractivity contribution >= 4 is 11.6 Å². The van der Waals surface area contributed by atoms with Crippen LogP contribution in [0, 0.1) is 0 Å². The molecule has 1 unspecified atom stereocenters. The zero-order chi connectivity index (χ0) is 14.8. The van der Waals surface area contributed by atoms with Crippen molar-refractivity contribution < 1.29 is 0 Å². The molecule has 1 fully saturated rings. The monoisotopic (exact) mass is 283 g/mol. The molecule has 1 aromatic carbocycles. The highest BCUT2D eigenvalue weighted by Gasteiger charge is 2.22. The summed E-state index contributed by atoms with van der Waals surface area (Å²) in [6.45, 7) is 5.19. The summed E-state index contributed by atoms with van der Waals surface area (Å²) >= 11 is 0. The summed E-state index contributed by atoms with van der Waals surface area (Å²) in [5.41, 5.74) is 6.97. The first-order chi connectivity index (χ1) is 10.1. The highest BCUT2D eigenvalue weighted by Crippen LogP contribution is 2.22. The van der Waals surface area contributed by atoms with Gasteiger partial charge in [0.2, 0.25) is 0 Å². The van der Waals surface area contributed by atoms with Gasteiger partial charge in [0.05, 0.1) is 0 Å². The largest absolute Gasteiger partial charge is 0.384 e. The Morgan fingerprint density at radius 3 is 2.62 bits per heavy atom. The van der Waals surface area contributed by atoms with Crippen molar-refractivity contribution in [3.63, 3.8) is 0 Å². The quantitative estimate of drug-likeness (QED) is 0.911. The summed E-state index contributed by atoms with van der Waals surface area (Å²) in [5, 5.41) is 0. The van der Waals surface area contributed by atoms with E-state index in [2.05, 4.69) is 28.8 Å². The summed E-state index contributed by atoms with van der Waals surface area (Å²) in [6, 6.07) is 12.3. The molecule has 1 atom stereocenters. The maximum absolute atomic E-state index is 5.98. The fourth-order valence-corrected chi connectivity index (χ4v) is 2.59. The van der Waals surface area contributed by atoms with Crippen molar-refractivity contribution in [1.82, 2.24) is 14.9 Å². The van der Waals surface area contributed by atoms with Crippen molar-refractivity contribution in [2.75, 3.05) is 37.3 Å². The van der Waals surface area contributed by atoms with Crippen LogP contribution in [0.3, 0.4) is 0 Å². The van der Waals surface area contributed by atoms with Gasteiger partial charge in [0, 0.05) is 37.3 Å². The second kappa shape index (κ2) is 5.69. The Balaban J connectivity index is 1.92. The highest BCUT2D eigenvalue weighted by molar-refractivity contribution is 5.60. The van der Waals surface area contributed by atoms with Crippen LogP contribution in [0.5, 0.6) is 0 Å². The molecule has 0 aliphatic carbocycles. The normalized spacial score (nSPS) is 19.7. The molecule has 0 saturated carbocycles. The van der Waals surface area contributed by atoms with Gasteiger partial charge >= 0.3 is 0 Å². The Morgan fingerprint density at radius 2 is 1.90 bits per heavy atom. The number of hydrogen-bond acceptors (Lipinski definition) is 5. The molecular weight excluding hydrogens is 262 g/mol. The third kappa shape index (κ3) is 2.97. The van der Waals surface area contributed by atoms with Gasteiger partial charge in [-0.25, -0.2) is 9.97 Å². The summed E-state index contributed by atoms with van der Waals surface area (Å²) in [7, 11) is 2.16. The molecule has 0 bridgehead atoms. The second-order valence-corrected chi connectivity index (χ2v) is 5.62. The van der Waals surface area contributed by atoms with Crippen LogP contribution in [0.15, 0.2) is 36.4 Å². The van der Waals surface area contributed by atoms with E-state index in [1.165, 1.54) is 0 Å². The molecule has 2 heterocycles. The molecule has 5 heteroatoms. The van der Waals surface area contributed by atoms with Gasteiger partial charge < -0.3 is 15.5 Å². The molecule has 0 spiro atoms. The first-order valence-corrected chi connectivity index (χ1v) is 7.28. The molecule has 2 aromatic rings. The molecular formula is C16H21N5. The zero-order valence-corrected chi connectivity index (χ0v) is 12.5. The van der Waals surface area contributed by atoms with E-state index >= 15 is 0 Å². The smallest absolute Gasteiger partial charge is 0.163 e. The molecule has 2 N–H and O–H groups in total. The van der Waals surface area contributed by atoms with E-state index in [9.17, 15) is 0 Å². The minimum Gasteiger partial charge on any atom is -0.384 e. The minimum atomic E-state index is 0.509. The summed E-state index contributed by atoms with van der Waals surface area (Å²) in [4.78, 5) is 13.7. The summed E-state index contributed by atoms with van der Waals surface area (Å²) in [6.07, 6.45) is 0. The van der Waals surface area contributed by atoms with E-state index in [4.69, 9.17) is 10.7 Å². The lowest BCUT2D eigenvalue weighted by molar-refractivity contribution is 0.233. The first-order valence-electron chi connectivity index (χ1n) is 7.28. The minimum absolute atomic E-state index is 0.509. The number of benzene rings is 1. The molecule has 0 amide bonds. The van der Waals surface area contributed by atoms with E-state index in [1.54, 1.807) is 0 Å². The van der Waals surface area contributed by atoms with Crippen molar-refractivity contribution in [2.24, 2.45) is 0 Å². The number of rotatable bonds is 2. The lowest BCUT2D eigenvalue weighted by Gasteiger charge is -2.38. The Labute approximate surface area is 125 Å². The van der Waals surface area contributed by atoms with Gasteiger partial charge in [0.25, 0.3) is 0 Å². The SMILES string of the molecule is CC1CN(c2cc(N)nc(-c3ccccc3)n2)CCN1C. The third-order valence-corrected chi connectivity index (χ3v) is 4.05. The average Bonchev–Trinajstić information content (AvgIpc) is 2.50. The molecule has 1 aliphatic rings. The number of nitrogen functional groups attached to an aromatic ring is 1. The fraction of sp³-hybridized carbons (Fsp3) is 0.375. The fourth-order valence-electron chi connectivity index (χ4n) is 2.59. The van der Waals surface area contributed by atoms with E-state index in [0.29, 0.717) is 17.7 Å². The van der Waals surface area contributed by atoms with Crippen LogP contribution in [0.4, 0.5) is 11.6 Å². The molecule has 21 heavy (non-hydrogen) atoms. The van der Waals surface area contributed by atoms with Crippen LogP contribution in [-0.2, 0) is 0 Å². The van der Waals surface area contributed by atoms with E-state index in [0.717, 1.165) is 31.0 Å². The molecule has 1 aliphatic heterocycles. The van der Waals surface area contributed by atoms with Gasteiger partial charge in [0.15, 0.2) is 5.82 Å². The van der Waals surface area contributed by atoms with Gasteiger partial charge in [-0.3, -0.25) is 0 Å². The van der Waals surface area contributed by atoms with E-state index in [-0.39, 0.29) is 0 Å². The first kappa shape index (κ1) is 13.8. The van der Waals surface area contributed by atoms with E-state index in [1.807, 2.05) is 36.4 Å². The predicted octanol–water partition coefficient (Wildman–Crippen LogP) is 1.87. The molecule has 1 saturated heterocycles. The Bertz CT molecular complexity index is 613. The molecule has 3 rings (SSSR count). The van der Waals surface area contributed by atoms with Gasteiger partial charge in [-0.15, -0.1) is 0 Å². The van der Waals surface area contributed by atoms with Gasteiger partial charge in [-0.05, 0) is 14.0 Å². The van der Waals surface area contributed by atoms with Gasteiger partial charge in [-0.2, -0.15) is 0 Å². The van der Waals surface area contributed by atoms with Crippen LogP contribution in [0.2, 0.25) is 0 Å². The lowest BCUT2D eigenvalue weighted by Crippen LogP contribution is -2.50. The summed E-state index contributed by atoms with van der Waals surface area (Å²) < 4.78 is 0. The molecule has 1 aromatic heterocycles. The zero-order valence-electron chi connectivity index (χ0n) is 12.5. The maximum atomic E-state index is 5.98. The maximum Gasteiger partial charge on any atom is 0.163 e. The third-order valence-electron chi connectivity index (χ3n) is 4.05. The predicted molar refractivity (Wildman–Crippen MR) is 86.2 cm³/mol. The van der Waals surface area contributed by atoms with Crippen molar-refractivity contribution in [2.45, 2.75) is 13.0 Å². The second-order valence-electron chi connectivity index (χ2n) is 5.62. The lowest BCUT2D eigenvalue weighted by atomic mass is 10.2. The highest BCUT2D eigenvalue weighted by atomic mass is 15.3. The van der Waals surface area contributed by atoms with Crippen LogP contribution in [0.1, 0.15) is 6.92 Å². The Kier molecular flexibility index (Phi) is 3.75. The topological polar surface area (TPSA) is 58.3 Å². The number of nitrogens with two attached hydrogens (primary N) is 1. The Hall–Kier alpha value is -2.14. The number of nitrogens with zero attached hydrogens (tertiary/aromatic N) is 4. The molecule has 0 radical (unpaired) electrons. The number of piperazine rings is 1. The Morgan fingerprint density at radius 1 is 1.14 bits per heavy atom. The van der Waals surface area contributed by atoms with Crippen molar-refractivity contribution in [1.29, 1.82) is 0 Å². The van der Waals surface area contributed by atoms with Gasteiger partial charge in [0.1, 0.15) is 11.6 Å². The van der Waals surface area contributed by atoms with Crippen LogP contribution in [0.25, 0.3) is 11.4 Å². The van der Waals surface area contributed by atoms with Crippen LogP contribution >= 0.6 is 0 Å². The summed E-state index contributed by atoms with van der Waals surface area (Å²) in [5.74, 6) is 2.13. The number of hydrogen-bond donors (Lipinski definition) is 1. The number of aromatic nitrogens is 2. The van der Waals surface area contributed by atoms with Crippen LogP contribution in [-0.4, -0.2) is 47.6 Å². The van der Waals surface area contributed by atoms with Gasteiger partial charge in [-0.1, -0.05) is 30.3 Å². The van der Waals surface area contributed by atoms with Crippen molar-refractivity contribution in [3.05, 3.63) is 36.4 Å². The van der Waals surface area contributed by atoms with Crippen molar-refractivity contribution in [3.8, 4) is 11.4 Å². The van der Waals surface area contributed by atoms with Crippen LogP contribution < -0.4 is 10.6 Å². The molecule has 5 nitrogen and oxygen atoms in total. The average molecular weight is 283 g/mol. The molecule has 110 valence electrons. The standard InChI is InChI=1S/C16H21N5/c1-12-11-21(9-8-20(12)2)15-10-14(17)18-16(19-15)13-6-4-3-5-7-13/h3-7,10,12H,8-9,11H2,1-2H3,(H2,17,18,19). The van der Waals surface area contributed by atoms with E-state index < -0.39 is 0 Å².